The lowest BCUT2D eigenvalue weighted by Crippen LogP contribution is -2.14. The molecule has 0 unspecified atom stereocenters. The number of rotatable bonds is 3. The molecule has 0 fully saturated rings. The van der Waals surface area contributed by atoms with Gasteiger partial charge in [-0.15, -0.1) is 0 Å². The summed E-state index contributed by atoms with van der Waals surface area (Å²) >= 11 is 12.2. The van der Waals surface area contributed by atoms with Gasteiger partial charge < -0.3 is 5.32 Å². The number of benzene rings is 1. The molecule has 120 valence electrons. The number of pyridine rings is 2. The minimum atomic E-state index is -0.281. The van der Waals surface area contributed by atoms with Crippen LogP contribution in [0.5, 0.6) is 0 Å². The molecule has 1 N–H and O–H groups in total. The number of aryl methyl sites for hydroxylation is 1. The van der Waals surface area contributed by atoms with Crippen LogP contribution in [0.1, 0.15) is 16.1 Å². The normalized spacial score (nSPS) is 10.5. The predicted octanol–water partition coefficient (Wildman–Crippen LogP) is 5.01. The van der Waals surface area contributed by atoms with E-state index in [4.69, 9.17) is 23.2 Å². The summed E-state index contributed by atoms with van der Waals surface area (Å²) in [5.74, 6) is -0.281. The molecule has 24 heavy (non-hydrogen) atoms. The Balaban J connectivity index is 1.91. The van der Waals surface area contributed by atoms with Crippen LogP contribution >= 0.6 is 23.2 Å². The maximum absolute atomic E-state index is 12.5. The van der Waals surface area contributed by atoms with E-state index in [-0.39, 0.29) is 5.91 Å². The zero-order chi connectivity index (χ0) is 17.1. The highest BCUT2D eigenvalue weighted by molar-refractivity contribution is 6.33. The summed E-state index contributed by atoms with van der Waals surface area (Å²) in [6.45, 7) is 1.76. The fourth-order valence-corrected chi connectivity index (χ4v) is 2.63. The van der Waals surface area contributed by atoms with Crippen molar-refractivity contribution in [3.63, 3.8) is 0 Å². The van der Waals surface area contributed by atoms with Crippen LogP contribution in [0.25, 0.3) is 11.3 Å². The van der Waals surface area contributed by atoms with E-state index in [9.17, 15) is 4.79 Å². The van der Waals surface area contributed by atoms with Gasteiger partial charge in [0, 0.05) is 23.6 Å². The van der Waals surface area contributed by atoms with E-state index < -0.39 is 0 Å². The van der Waals surface area contributed by atoms with Gasteiger partial charge in [-0.2, -0.15) is 0 Å². The van der Waals surface area contributed by atoms with Crippen LogP contribution in [0.15, 0.2) is 54.9 Å². The van der Waals surface area contributed by atoms with Crippen molar-refractivity contribution in [1.82, 2.24) is 9.97 Å². The Bertz CT molecular complexity index is 898. The number of amides is 1. The van der Waals surface area contributed by atoms with Crippen molar-refractivity contribution < 1.29 is 4.79 Å². The van der Waals surface area contributed by atoms with Crippen LogP contribution < -0.4 is 5.32 Å². The fraction of sp³-hybridized carbons (Fsp3) is 0.0556. The molecule has 0 saturated heterocycles. The average molecular weight is 358 g/mol. The lowest BCUT2D eigenvalue weighted by molar-refractivity contribution is 0.102. The van der Waals surface area contributed by atoms with E-state index in [0.717, 1.165) is 11.3 Å². The van der Waals surface area contributed by atoms with Crippen molar-refractivity contribution in [2.24, 2.45) is 0 Å². The summed E-state index contributed by atoms with van der Waals surface area (Å²) in [5, 5.41) is 3.81. The molecule has 0 aliphatic carbocycles. The summed E-state index contributed by atoms with van der Waals surface area (Å²) in [6, 6.07) is 12.4. The smallest absolute Gasteiger partial charge is 0.257 e. The monoisotopic (exact) mass is 357 g/mol. The fourth-order valence-electron chi connectivity index (χ4n) is 2.26. The van der Waals surface area contributed by atoms with Crippen LogP contribution in [0.4, 0.5) is 5.69 Å². The number of halogens is 2. The molecule has 2 heterocycles. The van der Waals surface area contributed by atoms with E-state index in [1.54, 1.807) is 37.4 Å². The highest BCUT2D eigenvalue weighted by atomic mass is 35.5. The van der Waals surface area contributed by atoms with Gasteiger partial charge >= 0.3 is 0 Å². The van der Waals surface area contributed by atoms with Gasteiger partial charge in [0.25, 0.3) is 5.91 Å². The van der Waals surface area contributed by atoms with Gasteiger partial charge in [-0.1, -0.05) is 29.3 Å². The third kappa shape index (κ3) is 3.55. The number of carbonyl (C=O) groups excluding carboxylic acids is 1. The zero-order valence-corrected chi connectivity index (χ0v) is 14.3. The van der Waals surface area contributed by atoms with Crippen LogP contribution in [-0.2, 0) is 0 Å². The highest BCUT2D eigenvalue weighted by Gasteiger charge is 2.13. The molecular formula is C18H13Cl2N3O. The van der Waals surface area contributed by atoms with E-state index in [0.29, 0.717) is 27.0 Å². The molecule has 4 nitrogen and oxygen atoms in total. The topological polar surface area (TPSA) is 54.9 Å². The molecule has 1 amide bonds. The summed E-state index contributed by atoms with van der Waals surface area (Å²) in [4.78, 5) is 20.8. The SMILES string of the molecule is Cc1ncc(Cl)cc1C(=O)Nc1ccc(Cl)c(-c2ccccn2)c1. The van der Waals surface area contributed by atoms with Crippen LogP contribution in [-0.4, -0.2) is 15.9 Å². The molecule has 2 aromatic heterocycles. The first kappa shape index (κ1) is 16.4. The first-order chi connectivity index (χ1) is 11.5. The van der Waals surface area contributed by atoms with Gasteiger partial charge in [-0.3, -0.25) is 14.8 Å². The summed E-state index contributed by atoms with van der Waals surface area (Å²) in [6.07, 6.45) is 3.20. The average Bonchev–Trinajstić information content (AvgIpc) is 2.59. The number of nitrogens with zero attached hydrogens (tertiary/aromatic N) is 2. The molecular weight excluding hydrogens is 345 g/mol. The number of aromatic nitrogens is 2. The van der Waals surface area contributed by atoms with Crippen molar-refractivity contribution in [3.8, 4) is 11.3 Å². The molecule has 0 spiro atoms. The number of hydrogen-bond donors (Lipinski definition) is 1. The van der Waals surface area contributed by atoms with Crippen molar-refractivity contribution in [2.75, 3.05) is 5.32 Å². The number of anilines is 1. The Morgan fingerprint density at radius 1 is 1.08 bits per heavy atom. The highest BCUT2D eigenvalue weighted by Crippen LogP contribution is 2.29. The van der Waals surface area contributed by atoms with Gasteiger partial charge in [-0.25, -0.2) is 0 Å². The largest absolute Gasteiger partial charge is 0.322 e. The Labute approximate surface area is 149 Å². The van der Waals surface area contributed by atoms with Gasteiger partial charge in [0.15, 0.2) is 0 Å². The van der Waals surface area contributed by atoms with Crippen LogP contribution in [0, 0.1) is 6.92 Å². The molecule has 1 aromatic carbocycles. The number of carbonyl (C=O) groups is 1. The predicted molar refractivity (Wildman–Crippen MR) is 96.6 cm³/mol. The molecule has 0 bridgehead atoms. The second kappa shape index (κ2) is 6.99. The molecule has 0 aliphatic rings. The van der Waals surface area contributed by atoms with Crippen molar-refractivity contribution in [2.45, 2.75) is 6.92 Å². The Morgan fingerprint density at radius 2 is 1.92 bits per heavy atom. The second-order valence-electron chi connectivity index (χ2n) is 5.15. The van der Waals surface area contributed by atoms with Gasteiger partial charge in [0.1, 0.15) is 0 Å². The maximum atomic E-state index is 12.5. The molecule has 0 radical (unpaired) electrons. The molecule has 6 heteroatoms. The molecule has 0 saturated carbocycles. The minimum absolute atomic E-state index is 0.281. The number of hydrogen-bond acceptors (Lipinski definition) is 3. The molecule has 0 atom stereocenters. The standard InChI is InChI=1S/C18H13Cl2N3O/c1-11-14(8-12(19)10-22-11)18(24)23-13-5-6-16(20)15(9-13)17-4-2-3-7-21-17/h2-10H,1H3,(H,23,24). The first-order valence-corrected chi connectivity index (χ1v) is 7.94. The van der Waals surface area contributed by atoms with E-state index in [1.807, 2.05) is 18.2 Å². The lowest BCUT2D eigenvalue weighted by atomic mass is 10.1. The number of nitrogens with one attached hydrogen (secondary N) is 1. The quantitative estimate of drug-likeness (QED) is 0.716. The van der Waals surface area contributed by atoms with E-state index >= 15 is 0 Å². The molecule has 0 aliphatic heterocycles. The van der Waals surface area contributed by atoms with Gasteiger partial charge in [0.05, 0.1) is 27.0 Å². The van der Waals surface area contributed by atoms with Crippen molar-refractivity contribution in [1.29, 1.82) is 0 Å². The third-order valence-electron chi connectivity index (χ3n) is 3.46. The van der Waals surface area contributed by atoms with Crippen molar-refractivity contribution >= 4 is 34.8 Å². The summed E-state index contributed by atoms with van der Waals surface area (Å²) in [7, 11) is 0. The minimum Gasteiger partial charge on any atom is -0.322 e. The lowest BCUT2D eigenvalue weighted by Gasteiger charge is -2.10. The molecule has 3 aromatic rings. The first-order valence-electron chi connectivity index (χ1n) is 7.19. The van der Waals surface area contributed by atoms with Crippen LogP contribution in [0.3, 0.4) is 0 Å². The third-order valence-corrected chi connectivity index (χ3v) is 4.00. The second-order valence-corrected chi connectivity index (χ2v) is 5.99. The van der Waals surface area contributed by atoms with E-state index in [1.165, 1.54) is 6.20 Å². The van der Waals surface area contributed by atoms with Gasteiger partial charge in [0.2, 0.25) is 0 Å². The van der Waals surface area contributed by atoms with Gasteiger partial charge in [-0.05, 0) is 43.3 Å². The molecule has 3 rings (SSSR count). The summed E-state index contributed by atoms with van der Waals surface area (Å²) < 4.78 is 0. The Kier molecular flexibility index (Phi) is 4.79. The Hall–Kier alpha value is -2.43. The Morgan fingerprint density at radius 3 is 2.67 bits per heavy atom. The zero-order valence-electron chi connectivity index (χ0n) is 12.8. The van der Waals surface area contributed by atoms with E-state index in [2.05, 4.69) is 15.3 Å². The van der Waals surface area contributed by atoms with Crippen LogP contribution in [0.2, 0.25) is 10.0 Å². The maximum Gasteiger partial charge on any atom is 0.257 e. The van der Waals surface area contributed by atoms with Crippen molar-refractivity contribution in [3.05, 3.63) is 76.2 Å². The summed E-state index contributed by atoms with van der Waals surface area (Å²) in [5.41, 5.74) is 3.13.